The molecule has 5 heteroatoms. The molecule has 0 saturated heterocycles. The first-order chi connectivity index (χ1) is 14.3. The van der Waals surface area contributed by atoms with Crippen LogP contribution in [0.4, 0.5) is 4.79 Å². The van der Waals surface area contributed by atoms with Crippen LogP contribution >= 0.6 is 0 Å². The fourth-order valence-corrected chi connectivity index (χ4v) is 3.60. The summed E-state index contributed by atoms with van der Waals surface area (Å²) >= 11 is 0. The topological polar surface area (TPSA) is 71.5 Å². The van der Waals surface area contributed by atoms with Crippen LogP contribution in [0.1, 0.15) is 28.3 Å². The summed E-state index contributed by atoms with van der Waals surface area (Å²) < 4.78 is 5.49. The van der Waals surface area contributed by atoms with Gasteiger partial charge in [0, 0.05) is 18.7 Å². The van der Waals surface area contributed by atoms with E-state index in [1.54, 1.807) is 6.20 Å². The standard InChI is InChI=1S/C24H22N2O3/c27-15-17-11-12-18(26-14-17)6-5-13-25-24(28)29-16-23-21-9-3-1-7-19(21)20-8-2-4-10-22(20)23/h1-12,14,23,27H,13,15-16H2,(H,25,28). The third-order valence-electron chi connectivity index (χ3n) is 5.03. The van der Waals surface area contributed by atoms with Crippen molar-refractivity contribution >= 4 is 12.2 Å². The largest absolute Gasteiger partial charge is 0.449 e. The van der Waals surface area contributed by atoms with Crippen molar-refractivity contribution in [1.29, 1.82) is 0 Å². The van der Waals surface area contributed by atoms with Crippen molar-refractivity contribution in [2.45, 2.75) is 12.5 Å². The van der Waals surface area contributed by atoms with Gasteiger partial charge in [-0.1, -0.05) is 60.7 Å². The number of pyridine rings is 1. The van der Waals surface area contributed by atoms with Gasteiger partial charge < -0.3 is 15.2 Å². The van der Waals surface area contributed by atoms with Crippen LogP contribution < -0.4 is 5.32 Å². The van der Waals surface area contributed by atoms with Gasteiger partial charge in [-0.3, -0.25) is 4.98 Å². The molecule has 1 heterocycles. The van der Waals surface area contributed by atoms with Crippen molar-refractivity contribution in [1.82, 2.24) is 10.3 Å². The van der Waals surface area contributed by atoms with Crippen LogP contribution in [-0.4, -0.2) is 29.3 Å². The maximum Gasteiger partial charge on any atom is 0.407 e. The molecule has 1 aliphatic rings. The Hall–Kier alpha value is -3.44. The number of ether oxygens (including phenoxy) is 1. The number of carbonyl (C=O) groups excluding carboxylic acids is 1. The number of carbonyl (C=O) groups is 1. The van der Waals surface area contributed by atoms with Gasteiger partial charge in [0.15, 0.2) is 0 Å². The molecule has 0 spiro atoms. The molecule has 5 nitrogen and oxygen atoms in total. The summed E-state index contributed by atoms with van der Waals surface area (Å²) in [6, 6.07) is 20.1. The van der Waals surface area contributed by atoms with Gasteiger partial charge >= 0.3 is 6.09 Å². The molecular weight excluding hydrogens is 364 g/mol. The van der Waals surface area contributed by atoms with Crippen LogP contribution in [0.15, 0.2) is 72.9 Å². The van der Waals surface area contributed by atoms with E-state index in [0.29, 0.717) is 13.2 Å². The van der Waals surface area contributed by atoms with Gasteiger partial charge in [-0.15, -0.1) is 0 Å². The first-order valence-corrected chi connectivity index (χ1v) is 9.57. The van der Waals surface area contributed by atoms with E-state index in [0.717, 1.165) is 11.3 Å². The average molecular weight is 386 g/mol. The Kier molecular flexibility index (Phi) is 5.68. The lowest BCUT2D eigenvalue weighted by Gasteiger charge is -2.14. The molecule has 3 aromatic rings. The minimum Gasteiger partial charge on any atom is -0.449 e. The number of aliphatic hydroxyl groups is 1. The second-order valence-electron chi connectivity index (χ2n) is 6.86. The zero-order valence-corrected chi connectivity index (χ0v) is 15.9. The van der Waals surface area contributed by atoms with Gasteiger partial charge in [-0.2, -0.15) is 0 Å². The highest BCUT2D eigenvalue weighted by atomic mass is 16.5. The summed E-state index contributed by atoms with van der Waals surface area (Å²) in [7, 11) is 0. The molecule has 0 aliphatic heterocycles. The minimum absolute atomic E-state index is 0.0274. The molecular formula is C24H22N2O3. The number of benzene rings is 2. The van der Waals surface area contributed by atoms with Gasteiger partial charge in [0.05, 0.1) is 12.3 Å². The van der Waals surface area contributed by atoms with Crippen LogP contribution in [0.5, 0.6) is 0 Å². The van der Waals surface area contributed by atoms with Gasteiger partial charge in [0.25, 0.3) is 0 Å². The fourth-order valence-electron chi connectivity index (χ4n) is 3.60. The highest BCUT2D eigenvalue weighted by Gasteiger charge is 2.28. The quantitative estimate of drug-likeness (QED) is 0.668. The van der Waals surface area contributed by atoms with E-state index in [1.807, 2.05) is 48.6 Å². The SMILES string of the molecule is O=C(NCC=Cc1ccc(CO)cn1)OCC1c2ccccc2-c2ccccc21. The Morgan fingerprint density at radius 1 is 1.03 bits per heavy atom. The summed E-state index contributed by atoms with van der Waals surface area (Å²) in [5.41, 5.74) is 6.33. The second kappa shape index (κ2) is 8.71. The summed E-state index contributed by atoms with van der Waals surface area (Å²) in [6.07, 6.45) is 4.80. The summed E-state index contributed by atoms with van der Waals surface area (Å²) in [4.78, 5) is 16.3. The highest BCUT2D eigenvalue weighted by Crippen LogP contribution is 2.44. The molecule has 1 amide bonds. The predicted octanol–water partition coefficient (Wildman–Crippen LogP) is 4.13. The second-order valence-corrected chi connectivity index (χ2v) is 6.86. The molecule has 0 bridgehead atoms. The molecule has 2 aromatic carbocycles. The average Bonchev–Trinajstić information content (AvgIpc) is 3.09. The van der Waals surface area contributed by atoms with E-state index in [1.165, 1.54) is 22.3 Å². The Balaban J connectivity index is 1.31. The number of rotatable bonds is 6. The molecule has 0 saturated carbocycles. The molecule has 29 heavy (non-hydrogen) atoms. The van der Waals surface area contributed by atoms with E-state index < -0.39 is 6.09 Å². The number of nitrogens with one attached hydrogen (secondary N) is 1. The Morgan fingerprint density at radius 3 is 2.34 bits per heavy atom. The predicted molar refractivity (Wildman–Crippen MR) is 112 cm³/mol. The maximum absolute atomic E-state index is 12.1. The molecule has 0 fully saturated rings. The fraction of sp³-hybridized carbons (Fsp3) is 0.167. The van der Waals surface area contributed by atoms with E-state index in [2.05, 4.69) is 34.6 Å². The van der Waals surface area contributed by atoms with Crippen LogP contribution in [0.25, 0.3) is 17.2 Å². The number of aromatic nitrogens is 1. The number of aliphatic hydroxyl groups excluding tert-OH is 1. The molecule has 146 valence electrons. The van der Waals surface area contributed by atoms with E-state index in [-0.39, 0.29) is 12.5 Å². The van der Waals surface area contributed by atoms with Gasteiger partial charge in [-0.25, -0.2) is 4.79 Å². The summed E-state index contributed by atoms with van der Waals surface area (Å²) in [5, 5.41) is 11.8. The van der Waals surface area contributed by atoms with Crippen LogP contribution in [-0.2, 0) is 11.3 Å². The zero-order chi connectivity index (χ0) is 20.1. The van der Waals surface area contributed by atoms with Crippen LogP contribution in [0.2, 0.25) is 0 Å². The van der Waals surface area contributed by atoms with E-state index in [9.17, 15) is 4.79 Å². The third-order valence-corrected chi connectivity index (χ3v) is 5.03. The van der Waals surface area contributed by atoms with Crippen molar-refractivity contribution in [3.63, 3.8) is 0 Å². The lowest BCUT2D eigenvalue weighted by Crippen LogP contribution is -2.26. The zero-order valence-electron chi connectivity index (χ0n) is 15.9. The normalized spacial score (nSPS) is 12.6. The number of nitrogens with zero attached hydrogens (tertiary/aromatic N) is 1. The number of hydrogen-bond acceptors (Lipinski definition) is 4. The lowest BCUT2D eigenvalue weighted by molar-refractivity contribution is 0.144. The van der Waals surface area contributed by atoms with Gasteiger partial charge in [-0.05, 0) is 40.0 Å². The smallest absolute Gasteiger partial charge is 0.407 e. The van der Waals surface area contributed by atoms with E-state index in [4.69, 9.17) is 9.84 Å². The van der Waals surface area contributed by atoms with Crippen molar-refractivity contribution in [2.24, 2.45) is 0 Å². The number of alkyl carbamates (subject to hydrolysis) is 1. The van der Waals surface area contributed by atoms with Gasteiger partial charge in [0.1, 0.15) is 6.61 Å². The molecule has 0 atom stereocenters. The van der Waals surface area contributed by atoms with Crippen LogP contribution in [0.3, 0.4) is 0 Å². The van der Waals surface area contributed by atoms with Gasteiger partial charge in [0.2, 0.25) is 0 Å². The molecule has 1 aliphatic carbocycles. The van der Waals surface area contributed by atoms with Crippen molar-refractivity contribution in [3.8, 4) is 11.1 Å². The number of hydrogen-bond donors (Lipinski definition) is 2. The van der Waals surface area contributed by atoms with Crippen molar-refractivity contribution < 1.29 is 14.6 Å². The monoisotopic (exact) mass is 386 g/mol. The Morgan fingerprint density at radius 2 is 1.72 bits per heavy atom. The molecule has 0 radical (unpaired) electrons. The molecule has 1 aromatic heterocycles. The van der Waals surface area contributed by atoms with Crippen LogP contribution in [0, 0.1) is 0 Å². The summed E-state index contributed by atoms with van der Waals surface area (Å²) in [5.74, 6) is 0.0536. The van der Waals surface area contributed by atoms with E-state index >= 15 is 0 Å². The third kappa shape index (κ3) is 4.20. The highest BCUT2D eigenvalue weighted by molar-refractivity contribution is 5.79. The molecule has 0 unspecified atom stereocenters. The Labute approximate surface area is 169 Å². The molecule has 4 rings (SSSR count). The van der Waals surface area contributed by atoms with Crippen molar-refractivity contribution in [3.05, 3.63) is 95.3 Å². The van der Waals surface area contributed by atoms with Crippen molar-refractivity contribution in [2.75, 3.05) is 13.2 Å². The summed E-state index contributed by atoms with van der Waals surface area (Å²) in [6.45, 7) is 0.619. The first-order valence-electron chi connectivity index (χ1n) is 9.57. The molecule has 2 N–H and O–H groups in total. The first kappa shape index (κ1) is 18.9. The maximum atomic E-state index is 12.1. The lowest BCUT2D eigenvalue weighted by atomic mass is 9.98. The minimum atomic E-state index is -0.444. The Bertz CT molecular complexity index is 983. The number of amides is 1. The number of fused-ring (bicyclic) bond motifs is 3.